The van der Waals surface area contributed by atoms with Crippen LogP contribution in [0.1, 0.15) is 22.8 Å². The lowest BCUT2D eigenvalue weighted by molar-refractivity contribution is -0.137. The number of aldehydes is 1. The van der Waals surface area contributed by atoms with E-state index < -0.39 is 11.7 Å². The van der Waals surface area contributed by atoms with Crippen molar-refractivity contribution in [3.05, 3.63) is 29.3 Å². The number of benzene rings is 1. The maximum absolute atomic E-state index is 13.1. The highest BCUT2D eigenvalue weighted by Crippen LogP contribution is 2.38. The first kappa shape index (κ1) is 14.2. The molecular formula is C13H14F3NOS. The van der Waals surface area contributed by atoms with Crippen molar-refractivity contribution in [1.29, 1.82) is 0 Å². The largest absolute Gasteiger partial charge is 0.418 e. The van der Waals surface area contributed by atoms with E-state index in [4.69, 9.17) is 0 Å². The summed E-state index contributed by atoms with van der Waals surface area (Å²) < 4.78 is 39.2. The molecule has 1 heterocycles. The van der Waals surface area contributed by atoms with E-state index in [0.29, 0.717) is 24.6 Å². The first-order valence-electron chi connectivity index (χ1n) is 5.95. The molecular weight excluding hydrogens is 275 g/mol. The number of hydrogen-bond acceptors (Lipinski definition) is 3. The van der Waals surface area contributed by atoms with Crippen molar-refractivity contribution in [3.63, 3.8) is 0 Å². The second-order valence-corrected chi connectivity index (χ2v) is 6.07. The average Bonchev–Trinajstić information content (AvgIpc) is 2.37. The van der Waals surface area contributed by atoms with Gasteiger partial charge in [0.1, 0.15) is 6.29 Å². The third kappa shape index (κ3) is 3.23. The first-order chi connectivity index (χ1) is 8.91. The van der Waals surface area contributed by atoms with Crippen LogP contribution in [-0.4, -0.2) is 30.4 Å². The molecule has 0 aliphatic carbocycles. The van der Waals surface area contributed by atoms with Gasteiger partial charge in [-0.15, -0.1) is 0 Å². The molecule has 1 atom stereocenters. The molecule has 1 aromatic rings. The van der Waals surface area contributed by atoms with Crippen LogP contribution in [0.25, 0.3) is 0 Å². The molecule has 0 bridgehead atoms. The van der Waals surface area contributed by atoms with Gasteiger partial charge in [0.15, 0.2) is 0 Å². The van der Waals surface area contributed by atoms with Crippen LogP contribution >= 0.6 is 11.8 Å². The molecule has 1 saturated heterocycles. The molecule has 0 spiro atoms. The number of carbonyl (C=O) groups excluding carboxylic acids is 1. The molecule has 0 N–H and O–H groups in total. The van der Waals surface area contributed by atoms with Crippen LogP contribution in [0.5, 0.6) is 0 Å². The molecule has 0 radical (unpaired) electrons. The Hall–Kier alpha value is -1.17. The number of carbonyl (C=O) groups is 1. The van der Waals surface area contributed by atoms with Crippen molar-refractivity contribution in [3.8, 4) is 0 Å². The summed E-state index contributed by atoms with van der Waals surface area (Å²) >= 11 is 1.76. The predicted molar refractivity (Wildman–Crippen MR) is 71.0 cm³/mol. The molecule has 1 fully saturated rings. The minimum Gasteiger partial charge on any atom is -0.369 e. The molecule has 1 aliphatic rings. The molecule has 2 nitrogen and oxygen atoms in total. The number of alkyl halides is 3. The van der Waals surface area contributed by atoms with Crippen LogP contribution in [-0.2, 0) is 6.18 Å². The van der Waals surface area contributed by atoms with Crippen molar-refractivity contribution in [1.82, 2.24) is 0 Å². The van der Waals surface area contributed by atoms with Crippen LogP contribution in [0.4, 0.5) is 18.9 Å². The van der Waals surface area contributed by atoms with Crippen LogP contribution < -0.4 is 4.90 Å². The number of nitrogens with zero attached hydrogens (tertiary/aromatic N) is 1. The quantitative estimate of drug-likeness (QED) is 0.778. The lowest BCUT2D eigenvalue weighted by Gasteiger charge is -2.34. The highest BCUT2D eigenvalue weighted by atomic mass is 32.2. The Bertz CT molecular complexity index is 475. The standard InChI is InChI=1S/C13H14F3NOS/c1-9-7-17(4-5-19-9)12-3-2-10(8-18)6-11(12)13(14,15)16/h2-3,6,8-9H,4-5,7H2,1H3. The summed E-state index contributed by atoms with van der Waals surface area (Å²) in [5.74, 6) is 0.813. The summed E-state index contributed by atoms with van der Waals surface area (Å²) in [6.07, 6.45) is -4.00. The molecule has 2 rings (SSSR count). The van der Waals surface area contributed by atoms with E-state index in [2.05, 4.69) is 0 Å². The number of hydrogen-bond donors (Lipinski definition) is 0. The summed E-state index contributed by atoms with van der Waals surface area (Å²) in [4.78, 5) is 12.4. The van der Waals surface area contributed by atoms with Gasteiger partial charge in [0, 0.05) is 35.3 Å². The second kappa shape index (κ2) is 5.45. The maximum atomic E-state index is 13.1. The molecule has 104 valence electrons. The van der Waals surface area contributed by atoms with Gasteiger partial charge in [-0.3, -0.25) is 4.79 Å². The average molecular weight is 289 g/mol. The van der Waals surface area contributed by atoms with E-state index >= 15 is 0 Å². The van der Waals surface area contributed by atoms with Gasteiger partial charge in [-0.2, -0.15) is 24.9 Å². The van der Waals surface area contributed by atoms with Crippen molar-refractivity contribution in [2.75, 3.05) is 23.7 Å². The van der Waals surface area contributed by atoms with Gasteiger partial charge in [-0.05, 0) is 18.2 Å². The molecule has 1 aromatic carbocycles. The van der Waals surface area contributed by atoms with E-state index in [1.54, 1.807) is 16.7 Å². The third-order valence-electron chi connectivity index (χ3n) is 3.04. The number of anilines is 1. The Morgan fingerprint density at radius 3 is 2.74 bits per heavy atom. The lowest BCUT2D eigenvalue weighted by Crippen LogP contribution is -2.37. The Kier molecular flexibility index (Phi) is 4.08. The third-order valence-corrected chi connectivity index (χ3v) is 4.18. The maximum Gasteiger partial charge on any atom is 0.418 e. The minimum absolute atomic E-state index is 0.0514. The summed E-state index contributed by atoms with van der Waals surface area (Å²) in [5, 5.41) is 0.306. The molecule has 0 amide bonds. The van der Waals surface area contributed by atoms with Gasteiger partial charge in [-0.1, -0.05) is 6.92 Å². The fourth-order valence-corrected chi connectivity index (χ4v) is 3.18. The van der Waals surface area contributed by atoms with Gasteiger partial charge in [0.25, 0.3) is 0 Å². The summed E-state index contributed by atoms with van der Waals surface area (Å²) in [5.41, 5.74) is -0.503. The SMILES string of the molecule is CC1CN(c2ccc(C=O)cc2C(F)(F)F)CCS1. The Morgan fingerprint density at radius 1 is 1.42 bits per heavy atom. The number of halogens is 3. The highest BCUT2D eigenvalue weighted by molar-refractivity contribution is 8.00. The number of thioether (sulfide) groups is 1. The van der Waals surface area contributed by atoms with Gasteiger partial charge < -0.3 is 4.90 Å². The van der Waals surface area contributed by atoms with Crippen molar-refractivity contribution in [2.24, 2.45) is 0 Å². The molecule has 0 aromatic heterocycles. The van der Waals surface area contributed by atoms with E-state index in [1.807, 2.05) is 6.92 Å². The summed E-state index contributed by atoms with van der Waals surface area (Å²) in [6, 6.07) is 3.76. The van der Waals surface area contributed by atoms with E-state index in [9.17, 15) is 18.0 Å². The summed E-state index contributed by atoms with van der Waals surface area (Å²) in [7, 11) is 0. The molecule has 1 aliphatic heterocycles. The smallest absolute Gasteiger partial charge is 0.369 e. The highest BCUT2D eigenvalue weighted by Gasteiger charge is 2.35. The fraction of sp³-hybridized carbons (Fsp3) is 0.462. The van der Waals surface area contributed by atoms with Crippen LogP contribution in [0.15, 0.2) is 18.2 Å². The molecule has 0 saturated carbocycles. The zero-order chi connectivity index (χ0) is 14.0. The summed E-state index contributed by atoms with van der Waals surface area (Å²) in [6.45, 7) is 3.19. The number of rotatable bonds is 2. The zero-order valence-corrected chi connectivity index (χ0v) is 11.2. The zero-order valence-electron chi connectivity index (χ0n) is 10.4. The van der Waals surface area contributed by atoms with Crippen LogP contribution in [0.2, 0.25) is 0 Å². The lowest BCUT2D eigenvalue weighted by atomic mass is 10.1. The first-order valence-corrected chi connectivity index (χ1v) is 6.99. The fourth-order valence-electron chi connectivity index (χ4n) is 2.17. The normalized spacial score (nSPS) is 20.4. The molecule has 19 heavy (non-hydrogen) atoms. The Labute approximate surface area is 114 Å². The second-order valence-electron chi connectivity index (χ2n) is 4.52. The topological polar surface area (TPSA) is 20.3 Å². The monoisotopic (exact) mass is 289 g/mol. The van der Waals surface area contributed by atoms with Crippen molar-refractivity contribution < 1.29 is 18.0 Å². The van der Waals surface area contributed by atoms with E-state index in [0.717, 1.165) is 11.8 Å². The minimum atomic E-state index is -4.44. The van der Waals surface area contributed by atoms with Crippen molar-refractivity contribution >= 4 is 23.7 Å². The Morgan fingerprint density at radius 2 is 2.16 bits per heavy atom. The van der Waals surface area contributed by atoms with E-state index in [-0.39, 0.29) is 11.3 Å². The van der Waals surface area contributed by atoms with Gasteiger partial charge in [0.2, 0.25) is 0 Å². The Balaban J connectivity index is 2.41. The van der Waals surface area contributed by atoms with Gasteiger partial charge >= 0.3 is 6.18 Å². The van der Waals surface area contributed by atoms with Gasteiger partial charge in [-0.25, -0.2) is 0 Å². The molecule has 6 heteroatoms. The van der Waals surface area contributed by atoms with E-state index in [1.165, 1.54) is 12.1 Å². The predicted octanol–water partition coefficient (Wildman–Crippen LogP) is 3.46. The van der Waals surface area contributed by atoms with Crippen LogP contribution in [0.3, 0.4) is 0 Å². The molecule has 1 unspecified atom stereocenters. The van der Waals surface area contributed by atoms with Crippen molar-refractivity contribution in [2.45, 2.75) is 18.3 Å². The van der Waals surface area contributed by atoms with Crippen LogP contribution in [0, 0.1) is 0 Å². The van der Waals surface area contributed by atoms with Gasteiger partial charge in [0.05, 0.1) is 5.56 Å².